The van der Waals surface area contributed by atoms with Gasteiger partial charge in [-0.05, 0) is 37.4 Å². The summed E-state index contributed by atoms with van der Waals surface area (Å²) in [5.74, 6) is 0. The summed E-state index contributed by atoms with van der Waals surface area (Å²) < 4.78 is 0. The van der Waals surface area contributed by atoms with Crippen LogP contribution in [-0.2, 0) is 5.41 Å². The van der Waals surface area contributed by atoms with Crippen LogP contribution < -0.4 is 5.73 Å². The van der Waals surface area contributed by atoms with Gasteiger partial charge in [0.15, 0.2) is 0 Å². The molecule has 2 N–H and O–H groups in total. The third kappa shape index (κ3) is 2.79. The number of hydrogen-bond donors (Lipinski definition) is 1. The highest BCUT2D eigenvalue weighted by Gasteiger charge is 2.29. The van der Waals surface area contributed by atoms with Crippen LogP contribution in [0, 0.1) is 0 Å². The number of thiophene rings is 1. The lowest BCUT2D eigenvalue weighted by Crippen LogP contribution is -2.42. The smallest absolute Gasteiger partial charge is 0.0564 e. The van der Waals surface area contributed by atoms with Crippen molar-refractivity contribution in [2.45, 2.75) is 57.5 Å². The molecule has 1 aromatic heterocycles. The van der Waals surface area contributed by atoms with E-state index in [2.05, 4.69) is 44.9 Å². The second kappa shape index (κ2) is 5.32. The van der Waals surface area contributed by atoms with Crippen LogP contribution in [0.1, 0.15) is 55.8 Å². The Morgan fingerprint density at radius 3 is 2.44 bits per heavy atom. The number of likely N-dealkylation sites (N-methyl/N-ethyl adjacent to an activating group) is 1. The van der Waals surface area contributed by atoms with Crippen LogP contribution in [0.4, 0.5) is 0 Å². The van der Waals surface area contributed by atoms with Crippen molar-refractivity contribution in [3.63, 3.8) is 0 Å². The van der Waals surface area contributed by atoms with Gasteiger partial charge in [-0.25, -0.2) is 0 Å². The topological polar surface area (TPSA) is 29.3 Å². The Labute approximate surface area is 115 Å². The van der Waals surface area contributed by atoms with E-state index in [1.807, 2.05) is 11.3 Å². The highest BCUT2D eigenvalue weighted by Crippen LogP contribution is 2.36. The van der Waals surface area contributed by atoms with Crippen molar-refractivity contribution in [1.82, 2.24) is 4.90 Å². The van der Waals surface area contributed by atoms with Gasteiger partial charge >= 0.3 is 0 Å². The van der Waals surface area contributed by atoms with Gasteiger partial charge in [0.1, 0.15) is 0 Å². The maximum Gasteiger partial charge on any atom is 0.0564 e. The van der Waals surface area contributed by atoms with E-state index >= 15 is 0 Å². The minimum Gasteiger partial charge on any atom is -0.329 e. The predicted octanol–water partition coefficient (Wildman–Crippen LogP) is 3.53. The summed E-state index contributed by atoms with van der Waals surface area (Å²) in [7, 11) is 2.23. The summed E-state index contributed by atoms with van der Waals surface area (Å²) in [6.07, 6.45) is 4.05. The normalized spacial score (nSPS) is 19.0. The zero-order valence-corrected chi connectivity index (χ0v) is 12.9. The summed E-state index contributed by atoms with van der Waals surface area (Å²) >= 11 is 1.93. The standard InChI is InChI=1S/C15H26N2S/c1-15(2,3)14-9-8-13(18-14)12(10-16)17(4)11-6-5-7-11/h8-9,11-12H,5-7,10,16H2,1-4H3. The molecule has 0 aliphatic heterocycles. The summed E-state index contributed by atoms with van der Waals surface area (Å²) in [5, 5.41) is 0. The molecule has 0 saturated heterocycles. The SMILES string of the molecule is CN(C1CCC1)C(CN)c1ccc(C(C)(C)C)s1. The Bertz CT molecular complexity index is 387. The number of rotatable bonds is 4. The van der Waals surface area contributed by atoms with E-state index in [4.69, 9.17) is 5.73 Å². The van der Waals surface area contributed by atoms with Gasteiger partial charge in [-0.1, -0.05) is 27.2 Å². The molecular weight excluding hydrogens is 240 g/mol. The number of nitrogens with zero attached hydrogens (tertiary/aromatic N) is 1. The minimum atomic E-state index is 0.247. The molecule has 1 unspecified atom stereocenters. The first-order valence-electron chi connectivity index (χ1n) is 6.95. The predicted molar refractivity (Wildman–Crippen MR) is 80.2 cm³/mol. The molecule has 3 heteroatoms. The summed E-state index contributed by atoms with van der Waals surface area (Å²) in [6.45, 7) is 7.54. The van der Waals surface area contributed by atoms with Crippen molar-refractivity contribution >= 4 is 11.3 Å². The second-order valence-electron chi connectivity index (χ2n) is 6.45. The quantitative estimate of drug-likeness (QED) is 0.903. The van der Waals surface area contributed by atoms with E-state index < -0.39 is 0 Å². The maximum atomic E-state index is 6.01. The van der Waals surface area contributed by atoms with Crippen molar-refractivity contribution in [2.24, 2.45) is 5.73 Å². The molecular formula is C15H26N2S. The van der Waals surface area contributed by atoms with E-state index in [1.54, 1.807) is 0 Å². The fourth-order valence-corrected chi connectivity index (χ4v) is 3.70. The van der Waals surface area contributed by atoms with Gasteiger partial charge in [-0.15, -0.1) is 11.3 Å². The molecule has 102 valence electrons. The molecule has 1 aliphatic carbocycles. The fourth-order valence-electron chi connectivity index (χ4n) is 2.47. The average molecular weight is 266 g/mol. The molecule has 1 aromatic rings. The van der Waals surface area contributed by atoms with Crippen LogP contribution in [0.15, 0.2) is 12.1 Å². The fraction of sp³-hybridized carbons (Fsp3) is 0.733. The molecule has 1 saturated carbocycles. The molecule has 1 atom stereocenters. The van der Waals surface area contributed by atoms with Crippen molar-refractivity contribution in [3.05, 3.63) is 21.9 Å². The van der Waals surface area contributed by atoms with Crippen LogP contribution in [0.25, 0.3) is 0 Å². The van der Waals surface area contributed by atoms with Crippen LogP contribution in [0.2, 0.25) is 0 Å². The van der Waals surface area contributed by atoms with Gasteiger partial charge in [-0.3, -0.25) is 4.90 Å². The van der Waals surface area contributed by atoms with Gasteiger partial charge in [0.25, 0.3) is 0 Å². The molecule has 1 heterocycles. The van der Waals surface area contributed by atoms with Gasteiger partial charge in [0.2, 0.25) is 0 Å². The van der Waals surface area contributed by atoms with E-state index in [1.165, 1.54) is 29.0 Å². The Balaban J connectivity index is 2.14. The summed E-state index contributed by atoms with van der Waals surface area (Å²) in [4.78, 5) is 5.37. The van der Waals surface area contributed by atoms with E-state index in [9.17, 15) is 0 Å². The van der Waals surface area contributed by atoms with Crippen molar-refractivity contribution in [1.29, 1.82) is 0 Å². The number of hydrogen-bond acceptors (Lipinski definition) is 3. The van der Waals surface area contributed by atoms with E-state index in [-0.39, 0.29) is 5.41 Å². The maximum absolute atomic E-state index is 6.01. The van der Waals surface area contributed by atoms with Crippen molar-refractivity contribution < 1.29 is 0 Å². The molecule has 0 amide bonds. The first kappa shape index (κ1) is 14.0. The van der Waals surface area contributed by atoms with Crippen LogP contribution in [-0.4, -0.2) is 24.5 Å². The highest BCUT2D eigenvalue weighted by atomic mass is 32.1. The molecule has 1 fully saturated rings. The minimum absolute atomic E-state index is 0.247. The molecule has 0 spiro atoms. The van der Waals surface area contributed by atoms with Gasteiger partial charge in [0.05, 0.1) is 6.04 Å². The molecule has 0 radical (unpaired) electrons. The lowest BCUT2D eigenvalue weighted by Gasteiger charge is -2.39. The van der Waals surface area contributed by atoms with Crippen LogP contribution in [0.5, 0.6) is 0 Å². The Hall–Kier alpha value is -0.380. The van der Waals surface area contributed by atoms with Crippen LogP contribution >= 0.6 is 11.3 Å². The largest absolute Gasteiger partial charge is 0.329 e. The highest BCUT2D eigenvalue weighted by molar-refractivity contribution is 7.12. The first-order chi connectivity index (χ1) is 8.43. The Morgan fingerprint density at radius 2 is 2.06 bits per heavy atom. The molecule has 18 heavy (non-hydrogen) atoms. The van der Waals surface area contributed by atoms with Crippen LogP contribution in [0.3, 0.4) is 0 Å². The third-order valence-electron chi connectivity index (χ3n) is 4.06. The average Bonchev–Trinajstić information content (AvgIpc) is 2.64. The molecule has 2 rings (SSSR count). The second-order valence-corrected chi connectivity index (χ2v) is 7.57. The summed E-state index contributed by atoms with van der Waals surface area (Å²) in [5.41, 5.74) is 6.25. The van der Waals surface area contributed by atoms with Gasteiger partial charge in [0, 0.05) is 22.3 Å². The molecule has 2 nitrogen and oxygen atoms in total. The number of nitrogens with two attached hydrogens (primary N) is 1. The van der Waals surface area contributed by atoms with Gasteiger partial charge < -0.3 is 5.73 Å². The van der Waals surface area contributed by atoms with Crippen molar-refractivity contribution in [3.8, 4) is 0 Å². The third-order valence-corrected chi connectivity index (χ3v) is 5.67. The van der Waals surface area contributed by atoms with E-state index in [0.717, 1.165) is 12.6 Å². The van der Waals surface area contributed by atoms with Gasteiger partial charge in [-0.2, -0.15) is 0 Å². The zero-order chi connectivity index (χ0) is 13.3. The summed E-state index contributed by atoms with van der Waals surface area (Å²) in [6, 6.07) is 5.70. The molecule has 1 aliphatic rings. The monoisotopic (exact) mass is 266 g/mol. The van der Waals surface area contributed by atoms with Crippen molar-refractivity contribution in [2.75, 3.05) is 13.6 Å². The van der Waals surface area contributed by atoms with E-state index in [0.29, 0.717) is 6.04 Å². The lowest BCUT2D eigenvalue weighted by molar-refractivity contribution is 0.115. The first-order valence-corrected chi connectivity index (χ1v) is 7.77. The molecule has 0 bridgehead atoms. The molecule has 0 aromatic carbocycles. The lowest BCUT2D eigenvalue weighted by atomic mass is 9.90. The Morgan fingerprint density at radius 1 is 1.39 bits per heavy atom. The zero-order valence-electron chi connectivity index (χ0n) is 12.1. The Kier molecular flexibility index (Phi) is 4.15.